The number of piperazine rings is 1. The first-order valence-corrected chi connectivity index (χ1v) is 8.74. The summed E-state index contributed by atoms with van der Waals surface area (Å²) in [4.78, 5) is 29.1. The van der Waals surface area contributed by atoms with Gasteiger partial charge < -0.3 is 19.5 Å². The lowest BCUT2D eigenvalue weighted by Crippen LogP contribution is -2.54. The molecule has 1 aromatic heterocycles. The lowest BCUT2D eigenvalue weighted by molar-refractivity contribution is -0.138. The van der Waals surface area contributed by atoms with E-state index in [0.29, 0.717) is 25.2 Å². The highest BCUT2D eigenvalue weighted by Crippen LogP contribution is 2.11. The Hall–Kier alpha value is -1.82. The van der Waals surface area contributed by atoms with Gasteiger partial charge in [-0.1, -0.05) is 13.8 Å². The van der Waals surface area contributed by atoms with Crippen LogP contribution in [-0.2, 0) is 16.0 Å². The number of amides is 2. The van der Waals surface area contributed by atoms with Crippen LogP contribution in [0, 0.1) is 5.92 Å². The molecular weight excluding hydrogens is 306 g/mol. The van der Waals surface area contributed by atoms with Crippen LogP contribution in [0.25, 0.3) is 0 Å². The maximum atomic E-state index is 12.8. The van der Waals surface area contributed by atoms with Crippen molar-refractivity contribution in [3.63, 3.8) is 0 Å². The molecule has 0 saturated carbocycles. The topological polar surface area (TPSA) is 65.8 Å². The molecule has 0 aliphatic carbocycles. The van der Waals surface area contributed by atoms with Crippen LogP contribution in [0.3, 0.4) is 0 Å². The Bertz CT molecular complexity index is 520. The van der Waals surface area contributed by atoms with Gasteiger partial charge in [0.2, 0.25) is 11.8 Å². The van der Waals surface area contributed by atoms with Crippen LogP contribution < -0.4 is 5.32 Å². The van der Waals surface area contributed by atoms with E-state index in [2.05, 4.69) is 31.1 Å². The average Bonchev–Trinajstić information content (AvgIpc) is 3.05. The van der Waals surface area contributed by atoms with E-state index in [-0.39, 0.29) is 11.8 Å². The molecule has 2 amide bonds. The van der Waals surface area contributed by atoms with Crippen LogP contribution in [0.5, 0.6) is 0 Å². The normalized spacial score (nSPS) is 17.1. The molecule has 0 radical (unpaired) electrons. The fourth-order valence-corrected chi connectivity index (χ4v) is 2.90. The number of nitrogens with one attached hydrogen (secondary N) is 1. The molecule has 24 heavy (non-hydrogen) atoms. The van der Waals surface area contributed by atoms with Crippen molar-refractivity contribution in [3.05, 3.63) is 24.2 Å². The summed E-state index contributed by atoms with van der Waals surface area (Å²) < 4.78 is 5.25. The maximum Gasteiger partial charge on any atom is 0.245 e. The van der Waals surface area contributed by atoms with E-state index in [4.69, 9.17) is 4.42 Å². The zero-order valence-electron chi connectivity index (χ0n) is 15.0. The molecule has 6 nitrogen and oxygen atoms in total. The fraction of sp³-hybridized carbons (Fsp3) is 0.667. The molecule has 2 rings (SSSR count). The first-order chi connectivity index (χ1) is 11.5. The highest BCUT2D eigenvalue weighted by Gasteiger charge is 2.28. The molecule has 6 heteroatoms. The predicted octanol–water partition coefficient (Wildman–Crippen LogP) is 1.52. The molecule has 1 saturated heterocycles. The number of nitrogens with zero attached hydrogens (tertiary/aromatic N) is 2. The van der Waals surface area contributed by atoms with E-state index in [1.54, 1.807) is 6.26 Å². The van der Waals surface area contributed by atoms with Gasteiger partial charge in [0.15, 0.2) is 0 Å². The summed E-state index contributed by atoms with van der Waals surface area (Å²) in [6, 6.07) is 3.23. The summed E-state index contributed by atoms with van der Waals surface area (Å²) in [5, 5.41) is 2.93. The number of rotatable bonds is 7. The standard InChI is InChI=1S/C18H29N3O3/c1-14(2)13-16(18(23)21-10-8-20(3)9-11-21)19-17(22)7-6-15-5-4-12-24-15/h4-5,12,14,16H,6-11,13H2,1-3H3,(H,19,22)/t16-/m1/s1. The van der Waals surface area contributed by atoms with Crippen molar-refractivity contribution < 1.29 is 14.0 Å². The predicted molar refractivity (Wildman–Crippen MR) is 92.5 cm³/mol. The van der Waals surface area contributed by atoms with Crippen molar-refractivity contribution in [2.75, 3.05) is 33.2 Å². The third kappa shape index (κ3) is 5.67. The Labute approximate surface area is 144 Å². The monoisotopic (exact) mass is 335 g/mol. The SMILES string of the molecule is CC(C)C[C@@H](NC(=O)CCc1ccco1)C(=O)N1CCN(C)CC1. The maximum absolute atomic E-state index is 12.8. The van der Waals surface area contributed by atoms with Crippen LogP contribution in [0.2, 0.25) is 0 Å². The number of hydrogen-bond donors (Lipinski definition) is 1. The van der Waals surface area contributed by atoms with Crippen molar-refractivity contribution in [1.82, 2.24) is 15.1 Å². The summed E-state index contributed by atoms with van der Waals surface area (Å²) in [5.41, 5.74) is 0. The van der Waals surface area contributed by atoms with Gasteiger partial charge in [-0.3, -0.25) is 9.59 Å². The molecule has 0 aromatic carbocycles. The molecule has 134 valence electrons. The van der Waals surface area contributed by atoms with Crippen LogP contribution in [0.1, 0.15) is 32.4 Å². The first-order valence-electron chi connectivity index (χ1n) is 8.74. The number of carbonyl (C=O) groups excluding carboxylic acids is 2. The van der Waals surface area contributed by atoms with E-state index in [1.165, 1.54) is 0 Å². The van der Waals surface area contributed by atoms with E-state index < -0.39 is 6.04 Å². The van der Waals surface area contributed by atoms with E-state index in [0.717, 1.165) is 31.9 Å². The second-order valence-corrected chi connectivity index (χ2v) is 6.96. The van der Waals surface area contributed by atoms with Gasteiger partial charge in [-0.15, -0.1) is 0 Å². The molecule has 1 aliphatic heterocycles. The molecule has 1 N–H and O–H groups in total. The Morgan fingerprint density at radius 2 is 1.96 bits per heavy atom. The number of aryl methyl sites for hydroxylation is 1. The lowest BCUT2D eigenvalue weighted by Gasteiger charge is -2.35. The summed E-state index contributed by atoms with van der Waals surface area (Å²) in [5.74, 6) is 1.08. The van der Waals surface area contributed by atoms with E-state index >= 15 is 0 Å². The fourth-order valence-electron chi connectivity index (χ4n) is 2.90. The summed E-state index contributed by atoms with van der Waals surface area (Å²) in [7, 11) is 2.06. The van der Waals surface area contributed by atoms with Gasteiger partial charge in [0.1, 0.15) is 11.8 Å². The summed E-state index contributed by atoms with van der Waals surface area (Å²) >= 11 is 0. The van der Waals surface area contributed by atoms with Gasteiger partial charge in [0, 0.05) is 39.0 Å². The minimum absolute atomic E-state index is 0.0446. The summed E-state index contributed by atoms with van der Waals surface area (Å²) in [6.07, 6.45) is 3.15. The average molecular weight is 335 g/mol. The Balaban J connectivity index is 1.89. The largest absolute Gasteiger partial charge is 0.469 e. The number of likely N-dealkylation sites (N-methyl/N-ethyl adjacent to an activating group) is 1. The van der Waals surface area contributed by atoms with Gasteiger partial charge in [0.25, 0.3) is 0 Å². The van der Waals surface area contributed by atoms with Crippen LogP contribution >= 0.6 is 0 Å². The van der Waals surface area contributed by atoms with Crippen LogP contribution in [-0.4, -0.2) is 60.9 Å². The summed E-state index contributed by atoms with van der Waals surface area (Å²) in [6.45, 7) is 7.36. The van der Waals surface area contributed by atoms with Gasteiger partial charge in [-0.25, -0.2) is 0 Å². The zero-order chi connectivity index (χ0) is 17.5. The highest BCUT2D eigenvalue weighted by atomic mass is 16.3. The Morgan fingerprint density at radius 1 is 1.25 bits per heavy atom. The van der Waals surface area contributed by atoms with Gasteiger partial charge in [-0.2, -0.15) is 0 Å². The molecule has 0 unspecified atom stereocenters. The van der Waals surface area contributed by atoms with Crippen molar-refractivity contribution >= 4 is 11.8 Å². The molecular formula is C18H29N3O3. The van der Waals surface area contributed by atoms with Gasteiger partial charge in [-0.05, 0) is 31.5 Å². The third-order valence-electron chi connectivity index (χ3n) is 4.33. The number of carbonyl (C=O) groups is 2. The highest BCUT2D eigenvalue weighted by molar-refractivity contribution is 5.87. The van der Waals surface area contributed by atoms with Crippen molar-refractivity contribution in [3.8, 4) is 0 Å². The van der Waals surface area contributed by atoms with Crippen molar-refractivity contribution in [2.24, 2.45) is 5.92 Å². The molecule has 1 aliphatic rings. The molecule has 1 fully saturated rings. The minimum atomic E-state index is -0.433. The quantitative estimate of drug-likeness (QED) is 0.820. The lowest BCUT2D eigenvalue weighted by atomic mass is 10.0. The number of hydrogen-bond acceptors (Lipinski definition) is 4. The van der Waals surface area contributed by atoms with Crippen molar-refractivity contribution in [2.45, 2.75) is 39.2 Å². The molecule has 1 atom stereocenters. The number of furan rings is 1. The molecule has 2 heterocycles. The zero-order valence-corrected chi connectivity index (χ0v) is 15.0. The van der Waals surface area contributed by atoms with E-state index in [9.17, 15) is 9.59 Å². The van der Waals surface area contributed by atoms with Crippen LogP contribution in [0.15, 0.2) is 22.8 Å². The molecule has 1 aromatic rings. The molecule has 0 spiro atoms. The second kappa shape index (κ2) is 8.87. The van der Waals surface area contributed by atoms with Crippen molar-refractivity contribution in [1.29, 1.82) is 0 Å². The smallest absolute Gasteiger partial charge is 0.245 e. The van der Waals surface area contributed by atoms with Gasteiger partial charge >= 0.3 is 0 Å². The second-order valence-electron chi connectivity index (χ2n) is 6.96. The Kier molecular flexibility index (Phi) is 6.85. The first kappa shape index (κ1) is 18.5. The van der Waals surface area contributed by atoms with Gasteiger partial charge in [0.05, 0.1) is 6.26 Å². The molecule has 0 bridgehead atoms. The van der Waals surface area contributed by atoms with E-state index in [1.807, 2.05) is 17.0 Å². The van der Waals surface area contributed by atoms with Crippen LogP contribution in [0.4, 0.5) is 0 Å². The Morgan fingerprint density at radius 3 is 2.54 bits per heavy atom. The minimum Gasteiger partial charge on any atom is -0.469 e. The third-order valence-corrected chi connectivity index (χ3v) is 4.33.